The zero-order valence-electron chi connectivity index (χ0n) is 13.1. The third-order valence-corrected chi connectivity index (χ3v) is 4.03. The van der Waals surface area contributed by atoms with Crippen LogP contribution < -0.4 is 5.32 Å². The van der Waals surface area contributed by atoms with Crippen LogP contribution in [-0.2, 0) is 11.3 Å². The van der Waals surface area contributed by atoms with E-state index >= 15 is 0 Å². The van der Waals surface area contributed by atoms with E-state index in [0.29, 0.717) is 12.3 Å². The molecule has 1 aliphatic heterocycles. The van der Waals surface area contributed by atoms with Gasteiger partial charge in [-0.15, -0.1) is 0 Å². The molecular formula is C17H27N3O. The van der Waals surface area contributed by atoms with Crippen LogP contribution in [0.15, 0.2) is 30.3 Å². The van der Waals surface area contributed by atoms with Crippen molar-refractivity contribution in [2.45, 2.75) is 26.3 Å². The minimum Gasteiger partial charge on any atom is -0.340 e. The number of carbonyl (C=O) groups excluding carboxylic acids is 1. The Balaban J connectivity index is 1.69. The van der Waals surface area contributed by atoms with Gasteiger partial charge in [-0.1, -0.05) is 37.3 Å². The molecule has 1 saturated heterocycles. The van der Waals surface area contributed by atoms with Crippen LogP contribution >= 0.6 is 0 Å². The lowest BCUT2D eigenvalue weighted by Crippen LogP contribution is -2.46. The van der Waals surface area contributed by atoms with E-state index in [4.69, 9.17) is 0 Å². The highest BCUT2D eigenvalue weighted by Gasteiger charge is 2.15. The predicted molar refractivity (Wildman–Crippen MR) is 86.1 cm³/mol. The van der Waals surface area contributed by atoms with Crippen LogP contribution in [0.25, 0.3) is 0 Å². The number of nitrogens with zero attached hydrogens (tertiary/aromatic N) is 2. The SMILES string of the molecule is CCN(CCCC(=O)N1CCNCC1)Cc1ccccc1. The smallest absolute Gasteiger partial charge is 0.222 e. The molecule has 1 aromatic rings. The quantitative estimate of drug-likeness (QED) is 0.830. The first-order valence-electron chi connectivity index (χ1n) is 8.04. The van der Waals surface area contributed by atoms with Crippen molar-refractivity contribution in [2.24, 2.45) is 0 Å². The van der Waals surface area contributed by atoms with E-state index in [2.05, 4.69) is 41.4 Å². The standard InChI is InChI=1S/C17H27N3O/c1-2-19(15-16-7-4-3-5-8-16)12-6-9-17(21)20-13-10-18-11-14-20/h3-5,7-8,18H,2,6,9-15H2,1H3. The fourth-order valence-electron chi connectivity index (χ4n) is 2.72. The average molecular weight is 289 g/mol. The summed E-state index contributed by atoms with van der Waals surface area (Å²) >= 11 is 0. The molecule has 4 heteroatoms. The van der Waals surface area contributed by atoms with Gasteiger partial charge in [-0.2, -0.15) is 0 Å². The molecule has 1 heterocycles. The molecule has 0 aromatic heterocycles. The number of carbonyl (C=O) groups is 1. The molecule has 0 bridgehead atoms. The van der Waals surface area contributed by atoms with Gasteiger partial charge in [0, 0.05) is 39.1 Å². The van der Waals surface area contributed by atoms with Gasteiger partial charge >= 0.3 is 0 Å². The van der Waals surface area contributed by atoms with Crippen LogP contribution in [0.5, 0.6) is 0 Å². The Bertz CT molecular complexity index is 415. The first-order valence-corrected chi connectivity index (χ1v) is 8.04. The minimum absolute atomic E-state index is 0.312. The van der Waals surface area contributed by atoms with E-state index in [0.717, 1.165) is 52.2 Å². The molecule has 1 fully saturated rings. The minimum atomic E-state index is 0.312. The van der Waals surface area contributed by atoms with E-state index in [1.165, 1.54) is 5.56 Å². The molecule has 21 heavy (non-hydrogen) atoms. The molecular weight excluding hydrogens is 262 g/mol. The maximum absolute atomic E-state index is 12.1. The first kappa shape index (κ1) is 16.0. The fourth-order valence-corrected chi connectivity index (χ4v) is 2.72. The van der Waals surface area contributed by atoms with Gasteiger partial charge in [0.1, 0.15) is 0 Å². The maximum Gasteiger partial charge on any atom is 0.222 e. The number of hydrogen-bond acceptors (Lipinski definition) is 3. The van der Waals surface area contributed by atoms with Gasteiger partial charge in [0.15, 0.2) is 0 Å². The number of rotatable bonds is 7. The maximum atomic E-state index is 12.1. The Kier molecular flexibility index (Phi) is 6.70. The summed E-state index contributed by atoms with van der Waals surface area (Å²) in [5.41, 5.74) is 1.34. The lowest BCUT2D eigenvalue weighted by atomic mass is 10.2. The van der Waals surface area contributed by atoms with Crippen molar-refractivity contribution in [3.05, 3.63) is 35.9 Å². The van der Waals surface area contributed by atoms with Gasteiger partial charge in [-0.3, -0.25) is 9.69 Å². The van der Waals surface area contributed by atoms with E-state index < -0.39 is 0 Å². The summed E-state index contributed by atoms with van der Waals surface area (Å²) in [5, 5.41) is 3.28. The first-order chi connectivity index (χ1) is 10.3. The Morgan fingerprint density at radius 2 is 1.95 bits per heavy atom. The van der Waals surface area contributed by atoms with Gasteiger partial charge in [0.2, 0.25) is 5.91 Å². The molecule has 1 N–H and O–H groups in total. The van der Waals surface area contributed by atoms with E-state index in [9.17, 15) is 4.79 Å². The van der Waals surface area contributed by atoms with Gasteiger partial charge in [0.05, 0.1) is 0 Å². The molecule has 0 aliphatic carbocycles. The van der Waals surface area contributed by atoms with Gasteiger partial charge in [0.25, 0.3) is 0 Å². The van der Waals surface area contributed by atoms with Crippen molar-refractivity contribution < 1.29 is 4.79 Å². The van der Waals surface area contributed by atoms with Crippen LogP contribution in [0.3, 0.4) is 0 Å². The molecule has 0 saturated carbocycles. The summed E-state index contributed by atoms with van der Waals surface area (Å²) in [6, 6.07) is 10.5. The number of amides is 1. The van der Waals surface area contributed by atoms with Crippen molar-refractivity contribution >= 4 is 5.91 Å². The molecule has 0 unspecified atom stereocenters. The lowest BCUT2D eigenvalue weighted by molar-refractivity contribution is -0.131. The van der Waals surface area contributed by atoms with Crippen LogP contribution in [-0.4, -0.2) is 55.0 Å². The second kappa shape index (κ2) is 8.80. The summed E-state index contributed by atoms with van der Waals surface area (Å²) < 4.78 is 0. The Morgan fingerprint density at radius 1 is 1.24 bits per heavy atom. The monoisotopic (exact) mass is 289 g/mol. The van der Waals surface area contributed by atoms with Crippen molar-refractivity contribution in [2.75, 3.05) is 39.3 Å². The highest BCUT2D eigenvalue weighted by molar-refractivity contribution is 5.76. The summed E-state index contributed by atoms with van der Waals surface area (Å²) in [7, 11) is 0. The molecule has 0 radical (unpaired) electrons. The molecule has 4 nitrogen and oxygen atoms in total. The van der Waals surface area contributed by atoms with Crippen molar-refractivity contribution in [3.63, 3.8) is 0 Å². The van der Waals surface area contributed by atoms with Crippen LogP contribution in [0.4, 0.5) is 0 Å². The lowest BCUT2D eigenvalue weighted by Gasteiger charge is -2.28. The highest BCUT2D eigenvalue weighted by atomic mass is 16.2. The second-order valence-electron chi connectivity index (χ2n) is 5.59. The van der Waals surface area contributed by atoms with Crippen LogP contribution in [0, 0.1) is 0 Å². The van der Waals surface area contributed by atoms with Crippen molar-refractivity contribution in [3.8, 4) is 0 Å². The summed E-state index contributed by atoms with van der Waals surface area (Å²) in [5.74, 6) is 0.312. The molecule has 1 aliphatic rings. The molecule has 116 valence electrons. The van der Waals surface area contributed by atoms with Gasteiger partial charge in [-0.25, -0.2) is 0 Å². The normalized spacial score (nSPS) is 15.4. The topological polar surface area (TPSA) is 35.6 Å². The third kappa shape index (κ3) is 5.48. The Morgan fingerprint density at radius 3 is 2.62 bits per heavy atom. The van der Waals surface area contributed by atoms with E-state index in [1.54, 1.807) is 0 Å². The van der Waals surface area contributed by atoms with Crippen molar-refractivity contribution in [1.29, 1.82) is 0 Å². The summed E-state index contributed by atoms with van der Waals surface area (Å²) in [6.07, 6.45) is 1.62. The van der Waals surface area contributed by atoms with Crippen LogP contribution in [0.1, 0.15) is 25.3 Å². The molecule has 0 atom stereocenters. The summed E-state index contributed by atoms with van der Waals surface area (Å²) in [6.45, 7) is 8.75. The number of benzene rings is 1. The Labute approximate surface area is 128 Å². The zero-order valence-corrected chi connectivity index (χ0v) is 13.1. The van der Waals surface area contributed by atoms with E-state index in [1.807, 2.05) is 11.0 Å². The third-order valence-electron chi connectivity index (χ3n) is 4.03. The zero-order chi connectivity index (χ0) is 14.9. The fraction of sp³-hybridized carbons (Fsp3) is 0.588. The summed E-state index contributed by atoms with van der Waals surface area (Å²) in [4.78, 5) is 16.5. The van der Waals surface area contributed by atoms with Crippen LogP contribution in [0.2, 0.25) is 0 Å². The highest BCUT2D eigenvalue weighted by Crippen LogP contribution is 2.07. The largest absolute Gasteiger partial charge is 0.340 e. The number of hydrogen-bond donors (Lipinski definition) is 1. The van der Waals surface area contributed by atoms with Gasteiger partial charge in [-0.05, 0) is 25.1 Å². The Hall–Kier alpha value is -1.39. The molecule has 2 rings (SSSR count). The average Bonchev–Trinajstić information content (AvgIpc) is 2.55. The predicted octanol–water partition coefficient (Wildman–Crippen LogP) is 1.72. The molecule has 0 spiro atoms. The van der Waals surface area contributed by atoms with Crippen molar-refractivity contribution in [1.82, 2.24) is 15.1 Å². The molecule has 1 amide bonds. The molecule has 1 aromatic carbocycles. The number of nitrogens with one attached hydrogen (secondary N) is 1. The number of piperazine rings is 1. The van der Waals surface area contributed by atoms with Gasteiger partial charge < -0.3 is 10.2 Å². The second-order valence-corrected chi connectivity index (χ2v) is 5.59. The van der Waals surface area contributed by atoms with E-state index in [-0.39, 0.29) is 0 Å².